The average Bonchev–Trinajstić information content (AvgIpc) is 3.53. The lowest BCUT2D eigenvalue weighted by Gasteiger charge is -2.52. The molecule has 4 aromatic heterocycles. The Morgan fingerprint density at radius 1 is 1.08 bits per heavy atom. The van der Waals surface area contributed by atoms with E-state index in [0.717, 1.165) is 64.3 Å². The van der Waals surface area contributed by atoms with Crippen molar-refractivity contribution >= 4 is 28.2 Å². The van der Waals surface area contributed by atoms with Crippen LogP contribution < -0.4 is 0 Å². The van der Waals surface area contributed by atoms with Gasteiger partial charge in [-0.25, -0.2) is 9.50 Å². The van der Waals surface area contributed by atoms with Crippen LogP contribution in [0.1, 0.15) is 59.0 Å². The van der Waals surface area contributed by atoms with Gasteiger partial charge in [-0.15, -0.1) is 0 Å². The Bertz CT molecular complexity index is 1610. The largest absolute Gasteiger partial charge is 0.335 e. The summed E-state index contributed by atoms with van der Waals surface area (Å²) in [7, 11) is 0. The minimum Gasteiger partial charge on any atom is -0.335 e. The SMILES string of the molecule is CC(=O)c1ccc2cc(-c3nn4cc(C(=O)N5CC6CC7CC5[C@H]76)ccc4c3C)n(CC3CC3)c2n1. The van der Waals surface area contributed by atoms with Gasteiger partial charge in [-0.05, 0) is 86.6 Å². The van der Waals surface area contributed by atoms with Crippen LogP contribution in [0.25, 0.3) is 27.9 Å². The summed E-state index contributed by atoms with van der Waals surface area (Å²) < 4.78 is 4.12. The van der Waals surface area contributed by atoms with Crippen LogP contribution in [0.15, 0.2) is 36.5 Å². The third kappa shape index (κ3) is 2.80. The minimum atomic E-state index is -0.0258. The van der Waals surface area contributed by atoms with Crippen molar-refractivity contribution in [2.45, 2.75) is 52.1 Å². The van der Waals surface area contributed by atoms with E-state index in [9.17, 15) is 9.59 Å². The van der Waals surface area contributed by atoms with Gasteiger partial charge in [0.05, 0.1) is 16.8 Å². The van der Waals surface area contributed by atoms with Gasteiger partial charge >= 0.3 is 0 Å². The van der Waals surface area contributed by atoms with E-state index in [-0.39, 0.29) is 11.7 Å². The molecular weight excluding hydrogens is 450 g/mol. The summed E-state index contributed by atoms with van der Waals surface area (Å²) in [5.74, 6) is 3.13. The highest BCUT2D eigenvalue weighted by atomic mass is 16.2. The summed E-state index contributed by atoms with van der Waals surface area (Å²) in [6.45, 7) is 5.45. The molecule has 0 N–H and O–H groups in total. The topological polar surface area (TPSA) is 72.5 Å². The van der Waals surface area contributed by atoms with E-state index in [1.807, 2.05) is 28.9 Å². The number of nitrogens with zero attached hydrogens (tertiary/aromatic N) is 5. The lowest BCUT2D eigenvalue weighted by molar-refractivity contribution is -0.0204. The second-order valence-corrected chi connectivity index (χ2v) is 11.6. The second kappa shape index (κ2) is 7.05. The summed E-state index contributed by atoms with van der Waals surface area (Å²) in [6.07, 6.45) is 6.85. The van der Waals surface area contributed by atoms with Gasteiger partial charge < -0.3 is 9.47 Å². The van der Waals surface area contributed by atoms with Crippen molar-refractivity contribution in [3.8, 4) is 11.4 Å². The van der Waals surface area contributed by atoms with E-state index in [4.69, 9.17) is 10.1 Å². The number of amides is 1. The molecule has 7 nitrogen and oxygen atoms in total. The highest BCUT2D eigenvalue weighted by molar-refractivity contribution is 5.96. The number of fused-ring (bicyclic) bond motifs is 2. The maximum absolute atomic E-state index is 13.4. The number of rotatable bonds is 5. The molecule has 1 saturated heterocycles. The van der Waals surface area contributed by atoms with E-state index < -0.39 is 0 Å². The zero-order valence-electron chi connectivity index (χ0n) is 20.6. The lowest BCUT2D eigenvalue weighted by atomic mass is 9.53. The van der Waals surface area contributed by atoms with Crippen molar-refractivity contribution in [3.63, 3.8) is 0 Å². The number of hydrogen-bond donors (Lipinski definition) is 0. The zero-order valence-corrected chi connectivity index (χ0v) is 20.6. The van der Waals surface area contributed by atoms with Crippen LogP contribution in [0.5, 0.6) is 0 Å². The van der Waals surface area contributed by atoms with E-state index >= 15 is 0 Å². The summed E-state index contributed by atoms with van der Waals surface area (Å²) in [5.41, 5.74) is 6.08. The van der Waals surface area contributed by atoms with Gasteiger partial charge in [-0.2, -0.15) is 5.10 Å². The molecule has 0 spiro atoms. The Balaban J connectivity index is 1.21. The van der Waals surface area contributed by atoms with Crippen LogP contribution in [-0.2, 0) is 6.54 Å². The Hall–Kier alpha value is -3.48. The number of pyridine rings is 2. The Kier molecular flexibility index (Phi) is 4.05. The molecule has 4 aliphatic rings. The van der Waals surface area contributed by atoms with E-state index in [2.05, 4.69) is 22.5 Å². The predicted molar refractivity (Wildman–Crippen MR) is 136 cm³/mol. The molecule has 182 valence electrons. The number of ketones is 1. The number of carbonyl (C=O) groups excluding carboxylic acids is 2. The number of aromatic nitrogens is 4. The van der Waals surface area contributed by atoms with Crippen molar-refractivity contribution in [2.75, 3.05) is 6.54 Å². The van der Waals surface area contributed by atoms with Crippen molar-refractivity contribution in [3.05, 3.63) is 53.3 Å². The predicted octanol–water partition coefficient (Wildman–Crippen LogP) is 4.75. The standard InChI is InChI=1S/C29H29N5O2/c1-15-23-8-6-19(29(36)33-13-21-9-20-11-24(33)26(20)21)14-34(23)31-27(15)25-10-18-5-7-22(16(2)35)30-28(18)32(25)12-17-3-4-17/h5-8,10,14,17,20-21,24,26H,3-4,9,11-13H2,1-2H3/t20?,21?,24?,26-/m1/s1. The number of hydrogen-bond acceptors (Lipinski definition) is 4. The maximum atomic E-state index is 13.4. The van der Waals surface area contributed by atoms with Crippen molar-refractivity contribution in [2.24, 2.45) is 23.7 Å². The molecule has 7 heteroatoms. The first kappa shape index (κ1) is 20.7. The van der Waals surface area contributed by atoms with Crippen LogP contribution >= 0.6 is 0 Å². The quantitative estimate of drug-likeness (QED) is 0.387. The fraction of sp³-hybridized carbons (Fsp3) is 0.448. The van der Waals surface area contributed by atoms with E-state index in [1.54, 1.807) is 13.0 Å². The van der Waals surface area contributed by atoms with Crippen molar-refractivity contribution < 1.29 is 9.59 Å². The molecule has 1 aliphatic heterocycles. The molecular formula is C29H29N5O2. The third-order valence-corrected chi connectivity index (χ3v) is 9.38. The molecule has 3 aliphatic carbocycles. The molecule has 3 saturated carbocycles. The monoisotopic (exact) mass is 479 g/mol. The lowest BCUT2D eigenvalue weighted by Crippen LogP contribution is -2.53. The molecule has 0 radical (unpaired) electrons. The summed E-state index contributed by atoms with van der Waals surface area (Å²) >= 11 is 0. The van der Waals surface area contributed by atoms with Gasteiger partial charge in [0.25, 0.3) is 5.91 Å². The first-order valence-electron chi connectivity index (χ1n) is 13.3. The first-order valence-corrected chi connectivity index (χ1v) is 13.3. The normalized spacial score (nSPS) is 26.2. The molecule has 3 unspecified atom stereocenters. The maximum Gasteiger partial charge on any atom is 0.255 e. The molecule has 4 atom stereocenters. The molecule has 1 amide bonds. The molecule has 4 fully saturated rings. The minimum absolute atomic E-state index is 0.0258. The summed E-state index contributed by atoms with van der Waals surface area (Å²) in [5, 5.41) is 6.01. The molecule has 36 heavy (non-hydrogen) atoms. The molecule has 5 heterocycles. The van der Waals surface area contributed by atoms with Gasteiger partial charge in [-0.3, -0.25) is 9.59 Å². The highest BCUT2D eigenvalue weighted by Crippen LogP contribution is 2.60. The highest BCUT2D eigenvalue weighted by Gasteiger charge is 2.61. The Morgan fingerprint density at radius 2 is 1.94 bits per heavy atom. The first-order chi connectivity index (χ1) is 17.5. The third-order valence-electron chi connectivity index (χ3n) is 9.38. The Morgan fingerprint density at radius 3 is 2.69 bits per heavy atom. The van der Waals surface area contributed by atoms with Crippen LogP contribution in [-0.4, -0.2) is 48.3 Å². The fourth-order valence-corrected chi connectivity index (χ4v) is 7.17. The molecule has 4 aromatic rings. The van der Waals surface area contributed by atoms with Gasteiger partial charge in [0, 0.05) is 43.2 Å². The van der Waals surface area contributed by atoms with Crippen LogP contribution in [0.3, 0.4) is 0 Å². The average molecular weight is 480 g/mol. The smallest absolute Gasteiger partial charge is 0.255 e. The van der Waals surface area contributed by atoms with Gasteiger partial charge in [0.15, 0.2) is 5.78 Å². The molecule has 0 bridgehead atoms. The zero-order chi connectivity index (χ0) is 24.3. The summed E-state index contributed by atoms with van der Waals surface area (Å²) in [6, 6.07) is 10.4. The van der Waals surface area contributed by atoms with Crippen LogP contribution in [0.2, 0.25) is 0 Å². The van der Waals surface area contributed by atoms with Crippen molar-refractivity contribution in [1.29, 1.82) is 0 Å². The number of Topliss-reactive ketones (excluding diaryl/α,β-unsaturated/α-hetero) is 1. The molecule has 8 rings (SSSR count). The fourth-order valence-electron chi connectivity index (χ4n) is 7.17. The second-order valence-electron chi connectivity index (χ2n) is 11.6. The number of aryl methyl sites for hydroxylation is 1. The van der Waals surface area contributed by atoms with Gasteiger partial charge in [0.2, 0.25) is 0 Å². The van der Waals surface area contributed by atoms with Crippen molar-refractivity contribution in [1.82, 2.24) is 24.1 Å². The van der Waals surface area contributed by atoms with E-state index in [0.29, 0.717) is 23.2 Å². The Labute approximate surface area is 209 Å². The number of likely N-dealkylation sites (tertiary alicyclic amines) is 1. The van der Waals surface area contributed by atoms with Crippen LogP contribution in [0, 0.1) is 30.6 Å². The van der Waals surface area contributed by atoms with Gasteiger partial charge in [0.1, 0.15) is 17.0 Å². The van der Waals surface area contributed by atoms with Crippen LogP contribution in [0.4, 0.5) is 0 Å². The molecule has 0 aromatic carbocycles. The number of carbonyl (C=O) groups is 2. The van der Waals surface area contributed by atoms with Gasteiger partial charge in [-0.1, -0.05) is 0 Å². The van der Waals surface area contributed by atoms with E-state index in [1.165, 1.54) is 25.7 Å². The summed E-state index contributed by atoms with van der Waals surface area (Å²) in [4.78, 5) is 32.3.